The van der Waals surface area contributed by atoms with Gasteiger partial charge in [-0.05, 0) is 48.8 Å². The molecule has 5 rings (SSSR count). The zero-order chi connectivity index (χ0) is 28.2. The van der Waals surface area contributed by atoms with Gasteiger partial charge in [0.1, 0.15) is 0 Å². The van der Waals surface area contributed by atoms with Crippen LogP contribution in [0.5, 0.6) is 0 Å². The van der Waals surface area contributed by atoms with Crippen LogP contribution in [0.25, 0.3) is 0 Å². The number of hydrogen-bond donors (Lipinski definition) is 1. The van der Waals surface area contributed by atoms with Gasteiger partial charge in [-0.25, -0.2) is 4.79 Å². The Morgan fingerprint density at radius 3 is 2.18 bits per heavy atom. The summed E-state index contributed by atoms with van der Waals surface area (Å²) in [5.41, 5.74) is 1.73. The molecule has 4 fully saturated rings. The Balaban J connectivity index is 1.19. The number of carbonyl (C=O) groups excluding carboxylic acids is 2. The number of hydrogen-bond acceptors (Lipinski definition) is 5. The van der Waals surface area contributed by atoms with Crippen molar-refractivity contribution in [2.75, 3.05) is 50.7 Å². The number of rotatable bonds is 4. The Morgan fingerprint density at radius 2 is 1.64 bits per heavy atom. The lowest BCUT2D eigenvalue weighted by Gasteiger charge is -2.39. The largest absolute Gasteiger partial charge is 0.434 e. The van der Waals surface area contributed by atoms with E-state index < -0.39 is 24.5 Å². The minimum absolute atomic E-state index is 0.0339. The van der Waals surface area contributed by atoms with Gasteiger partial charge in [-0.1, -0.05) is 17.7 Å². The second-order valence-corrected chi connectivity index (χ2v) is 11.4. The van der Waals surface area contributed by atoms with Crippen LogP contribution in [0.15, 0.2) is 18.2 Å². The summed E-state index contributed by atoms with van der Waals surface area (Å²) >= 11 is 6.32. The highest BCUT2D eigenvalue weighted by Crippen LogP contribution is 2.41. The zero-order valence-corrected chi connectivity index (χ0v) is 21.7. The van der Waals surface area contributed by atoms with Crippen molar-refractivity contribution < 1.29 is 40.7 Å². The van der Waals surface area contributed by atoms with E-state index in [1.807, 2.05) is 18.2 Å². The molecule has 0 aliphatic carbocycles. The minimum Gasteiger partial charge on any atom is -0.426 e. The van der Waals surface area contributed by atoms with Crippen LogP contribution >= 0.6 is 11.6 Å². The molecule has 1 spiro atoms. The third-order valence-electron chi connectivity index (χ3n) is 8.51. The predicted octanol–water partition coefficient (Wildman–Crippen LogP) is 4.44. The molecule has 2 unspecified atom stereocenters. The molecule has 0 radical (unpaired) electrons. The highest BCUT2D eigenvalue weighted by Gasteiger charge is 2.60. The van der Waals surface area contributed by atoms with Crippen LogP contribution in [-0.4, -0.2) is 86.1 Å². The van der Waals surface area contributed by atoms with Gasteiger partial charge in [0.2, 0.25) is 5.91 Å². The Labute approximate surface area is 226 Å². The van der Waals surface area contributed by atoms with Gasteiger partial charge in [0.05, 0.1) is 5.41 Å². The number of alkyl halides is 6. The summed E-state index contributed by atoms with van der Waals surface area (Å²) in [6, 6.07) is 5.68. The smallest absolute Gasteiger partial charge is 0.426 e. The summed E-state index contributed by atoms with van der Waals surface area (Å²) < 4.78 is 80.6. The Bertz CT molecular complexity index is 1080. The van der Waals surface area contributed by atoms with Crippen molar-refractivity contribution in [1.29, 1.82) is 0 Å². The zero-order valence-electron chi connectivity index (χ0n) is 21.0. The molecular formula is C25H29ClF6N4O3. The molecule has 4 aliphatic heterocycles. The monoisotopic (exact) mass is 582 g/mol. The average molecular weight is 583 g/mol. The molecule has 1 aromatic rings. The summed E-state index contributed by atoms with van der Waals surface area (Å²) in [4.78, 5) is 29.9. The fraction of sp³-hybridized carbons (Fsp3) is 0.680. The van der Waals surface area contributed by atoms with E-state index in [9.17, 15) is 35.9 Å². The van der Waals surface area contributed by atoms with E-state index in [1.54, 1.807) is 0 Å². The number of nitrogens with zero attached hydrogens (tertiary/aromatic N) is 3. The fourth-order valence-corrected chi connectivity index (χ4v) is 6.60. The number of benzene rings is 1. The van der Waals surface area contributed by atoms with Crippen molar-refractivity contribution in [3.8, 4) is 0 Å². The third-order valence-corrected chi connectivity index (χ3v) is 8.74. The van der Waals surface area contributed by atoms with Gasteiger partial charge in [-0.3, -0.25) is 9.69 Å². The van der Waals surface area contributed by atoms with E-state index in [4.69, 9.17) is 11.6 Å². The molecule has 14 heteroatoms. The van der Waals surface area contributed by atoms with Crippen LogP contribution in [-0.2, 0) is 16.1 Å². The number of anilines is 1. The van der Waals surface area contributed by atoms with Gasteiger partial charge in [0, 0.05) is 63.1 Å². The maximum atomic E-state index is 12.8. The van der Waals surface area contributed by atoms with Crippen LogP contribution < -0.4 is 10.2 Å². The Kier molecular flexibility index (Phi) is 7.36. The fourth-order valence-electron chi connectivity index (χ4n) is 6.44. The van der Waals surface area contributed by atoms with Crippen molar-refractivity contribution in [2.45, 2.75) is 44.3 Å². The molecule has 4 heterocycles. The van der Waals surface area contributed by atoms with Crippen molar-refractivity contribution in [1.82, 2.24) is 15.1 Å². The van der Waals surface area contributed by atoms with Gasteiger partial charge in [-0.15, -0.1) is 0 Å². The second-order valence-electron chi connectivity index (χ2n) is 11.0. The molecule has 2 amide bonds. The summed E-state index contributed by atoms with van der Waals surface area (Å²) in [6.45, 7) is 3.89. The normalized spacial score (nSPS) is 25.5. The third kappa shape index (κ3) is 5.75. The predicted molar refractivity (Wildman–Crippen MR) is 129 cm³/mol. The Morgan fingerprint density at radius 1 is 1.03 bits per heavy atom. The van der Waals surface area contributed by atoms with E-state index in [1.165, 1.54) is 0 Å². The first kappa shape index (κ1) is 28.1. The topological polar surface area (TPSA) is 65.1 Å². The molecule has 1 N–H and O–H groups in total. The lowest BCUT2D eigenvalue weighted by molar-refractivity contribution is -0.308. The van der Waals surface area contributed by atoms with Gasteiger partial charge >= 0.3 is 18.4 Å². The number of halogens is 7. The van der Waals surface area contributed by atoms with E-state index in [-0.39, 0.29) is 36.2 Å². The summed E-state index contributed by atoms with van der Waals surface area (Å²) in [5.74, 6) is -0.0409. The highest BCUT2D eigenvalue weighted by atomic mass is 35.5. The maximum absolute atomic E-state index is 12.8. The summed E-state index contributed by atoms with van der Waals surface area (Å²) in [7, 11) is 0. The van der Waals surface area contributed by atoms with Gasteiger partial charge in [-0.2, -0.15) is 26.3 Å². The van der Waals surface area contributed by atoms with Gasteiger partial charge in [0.15, 0.2) is 0 Å². The quantitative estimate of drug-likeness (QED) is 0.532. The van der Waals surface area contributed by atoms with E-state index in [2.05, 4.69) is 19.9 Å². The summed E-state index contributed by atoms with van der Waals surface area (Å²) in [5, 5.41) is 3.53. The first-order chi connectivity index (χ1) is 18.2. The molecule has 0 bridgehead atoms. The molecule has 1 aromatic carbocycles. The number of likely N-dealkylation sites (tertiary alicyclic amines) is 2. The number of fused-ring (bicyclic) bond motifs is 1. The number of carbonyl (C=O) groups is 2. The van der Waals surface area contributed by atoms with Crippen LogP contribution in [0, 0.1) is 17.3 Å². The highest BCUT2D eigenvalue weighted by molar-refractivity contribution is 6.30. The van der Waals surface area contributed by atoms with Crippen LogP contribution in [0.1, 0.15) is 24.8 Å². The standard InChI is InChI=1S/C25H29ClF6N4O3/c26-18-2-1-15(19(9-18)35-7-4-23(5-8-35)3-6-33-21(23)37)10-34-11-16-13-36(14-17(16)12-34)22(38)39-20(24(27,28)29)25(30,31)32/h1-2,9,16-17,20H,3-8,10-14H2,(H,33,37). The first-order valence-corrected chi connectivity index (χ1v) is 13.3. The summed E-state index contributed by atoms with van der Waals surface area (Å²) in [6.07, 6.45) is -14.9. The van der Waals surface area contributed by atoms with Crippen molar-refractivity contribution in [3.63, 3.8) is 0 Å². The number of amides is 2. The lowest BCUT2D eigenvalue weighted by Crippen LogP contribution is -2.48. The molecule has 0 saturated carbocycles. The van der Waals surface area contributed by atoms with E-state index >= 15 is 0 Å². The molecule has 7 nitrogen and oxygen atoms in total. The average Bonchev–Trinajstić information content (AvgIpc) is 3.51. The molecule has 216 valence electrons. The molecule has 4 aliphatic rings. The van der Waals surface area contributed by atoms with E-state index in [0.717, 1.165) is 48.5 Å². The second kappa shape index (κ2) is 10.2. The Hall–Kier alpha value is -2.41. The van der Waals surface area contributed by atoms with Crippen LogP contribution in [0.4, 0.5) is 36.8 Å². The molecule has 4 saturated heterocycles. The van der Waals surface area contributed by atoms with Crippen molar-refractivity contribution in [2.24, 2.45) is 17.3 Å². The number of ether oxygens (including phenoxy) is 1. The van der Waals surface area contributed by atoms with Gasteiger partial charge < -0.3 is 19.9 Å². The first-order valence-electron chi connectivity index (χ1n) is 12.9. The minimum atomic E-state index is -5.74. The lowest BCUT2D eigenvalue weighted by atomic mass is 9.77. The molecule has 2 atom stereocenters. The van der Waals surface area contributed by atoms with E-state index in [0.29, 0.717) is 31.2 Å². The van der Waals surface area contributed by atoms with Crippen LogP contribution in [0.3, 0.4) is 0 Å². The van der Waals surface area contributed by atoms with Crippen LogP contribution in [0.2, 0.25) is 5.02 Å². The molecular weight excluding hydrogens is 554 g/mol. The molecule has 0 aromatic heterocycles. The number of piperidine rings is 1. The SMILES string of the molecule is O=C(OC(C(F)(F)F)C(F)(F)F)N1CC2CN(Cc3ccc(Cl)cc3N3CCC4(CCNC4=O)CC3)CC2C1. The number of nitrogens with one attached hydrogen (secondary N) is 1. The molecule has 39 heavy (non-hydrogen) atoms. The van der Waals surface area contributed by atoms with Crippen molar-refractivity contribution in [3.05, 3.63) is 28.8 Å². The maximum Gasteiger partial charge on any atom is 0.434 e. The van der Waals surface area contributed by atoms with Crippen molar-refractivity contribution >= 4 is 29.3 Å². The van der Waals surface area contributed by atoms with Gasteiger partial charge in [0.25, 0.3) is 6.10 Å².